The highest BCUT2D eigenvalue weighted by Gasteiger charge is 2.43. The number of aliphatic hydroxyl groups excluding tert-OH is 1. The maximum absolute atomic E-state index is 17.2. The van der Waals surface area contributed by atoms with E-state index in [-0.39, 0.29) is 42.9 Å². The number of alkyl halides is 3. The molecule has 49 heavy (non-hydrogen) atoms. The maximum Gasteiger partial charge on any atom is 0.248 e. The Balaban J connectivity index is 1.34. The molecule has 1 aliphatic heterocycles. The largest absolute Gasteiger partial charge is 0.490 e. The van der Waals surface area contributed by atoms with Crippen LogP contribution in [0.2, 0.25) is 0 Å². The van der Waals surface area contributed by atoms with Crippen LogP contribution in [0.25, 0.3) is 0 Å². The van der Waals surface area contributed by atoms with Gasteiger partial charge in [0.2, 0.25) is 11.9 Å². The summed E-state index contributed by atoms with van der Waals surface area (Å²) in [4.78, 5) is 16.4. The summed E-state index contributed by atoms with van der Waals surface area (Å²) in [6.07, 6.45) is 4.00. The number of hydrogen-bond acceptors (Lipinski definition) is 7. The fourth-order valence-electron chi connectivity index (χ4n) is 7.93. The first-order valence-electron chi connectivity index (χ1n) is 17.8. The molecule has 2 aromatic heterocycles. The van der Waals surface area contributed by atoms with Crippen LogP contribution in [0.1, 0.15) is 142 Å². The normalized spacial score (nSPS) is 22.1. The summed E-state index contributed by atoms with van der Waals surface area (Å²) in [5, 5.41) is 21.6. The number of halogens is 3. The molecule has 0 radical (unpaired) electrons. The van der Waals surface area contributed by atoms with E-state index in [0.29, 0.717) is 85.9 Å². The van der Waals surface area contributed by atoms with Gasteiger partial charge in [-0.3, -0.25) is 4.98 Å². The van der Waals surface area contributed by atoms with Gasteiger partial charge in [-0.25, -0.2) is 23.1 Å². The van der Waals surface area contributed by atoms with Gasteiger partial charge in [0.05, 0.1) is 36.4 Å². The van der Waals surface area contributed by atoms with Crippen molar-refractivity contribution < 1.29 is 28.1 Å². The number of hydrogen-bond donors (Lipinski definition) is 2. The van der Waals surface area contributed by atoms with Crippen molar-refractivity contribution in [3.63, 3.8) is 0 Å². The zero-order valence-corrected chi connectivity index (χ0v) is 29.5. The molecule has 7 nitrogen and oxygen atoms in total. The van der Waals surface area contributed by atoms with Crippen molar-refractivity contribution >= 4 is 5.95 Å². The average Bonchev–Trinajstić information content (AvgIpc) is 3.03. The third-order valence-corrected chi connectivity index (χ3v) is 10.7. The van der Waals surface area contributed by atoms with Gasteiger partial charge >= 0.3 is 0 Å². The number of aliphatic hydroxyl groups is 2. The lowest BCUT2D eigenvalue weighted by Crippen LogP contribution is -2.36. The number of piperidine rings is 1. The predicted molar refractivity (Wildman–Crippen MR) is 184 cm³/mol. The van der Waals surface area contributed by atoms with E-state index in [1.165, 1.54) is 0 Å². The lowest BCUT2D eigenvalue weighted by molar-refractivity contribution is -0.0385. The summed E-state index contributed by atoms with van der Waals surface area (Å²) in [5.41, 5.74) is 3.91. The highest BCUT2D eigenvalue weighted by Crippen LogP contribution is 2.52. The van der Waals surface area contributed by atoms with E-state index in [1.54, 1.807) is 38.4 Å². The Morgan fingerprint density at radius 2 is 1.61 bits per heavy atom. The Morgan fingerprint density at radius 3 is 2.22 bits per heavy atom. The Morgan fingerprint density at radius 1 is 0.980 bits per heavy atom. The molecule has 1 saturated carbocycles. The summed E-state index contributed by atoms with van der Waals surface area (Å²) >= 11 is 0. The third-order valence-electron chi connectivity index (χ3n) is 10.7. The lowest BCUT2D eigenvalue weighted by Gasteiger charge is -2.41. The molecule has 0 spiro atoms. The van der Waals surface area contributed by atoms with Crippen LogP contribution in [0.4, 0.5) is 19.1 Å². The molecule has 2 fully saturated rings. The van der Waals surface area contributed by atoms with Gasteiger partial charge < -0.3 is 19.8 Å². The summed E-state index contributed by atoms with van der Waals surface area (Å²) in [6, 6.07) is 7.40. The lowest BCUT2D eigenvalue weighted by atomic mass is 9.68. The monoisotopic (exact) mass is 680 g/mol. The van der Waals surface area contributed by atoms with E-state index in [2.05, 4.69) is 28.7 Å². The number of anilines is 1. The molecule has 2 aliphatic carbocycles. The quantitative estimate of drug-likeness (QED) is 0.234. The van der Waals surface area contributed by atoms with E-state index in [1.807, 2.05) is 19.1 Å². The van der Waals surface area contributed by atoms with Crippen LogP contribution in [0.15, 0.2) is 36.7 Å². The minimum Gasteiger partial charge on any atom is -0.490 e. The summed E-state index contributed by atoms with van der Waals surface area (Å²) < 4.78 is 51.9. The van der Waals surface area contributed by atoms with Crippen LogP contribution in [0.5, 0.6) is 5.75 Å². The van der Waals surface area contributed by atoms with Crippen molar-refractivity contribution in [2.24, 2.45) is 5.41 Å². The van der Waals surface area contributed by atoms with Gasteiger partial charge in [-0.15, -0.1) is 0 Å². The van der Waals surface area contributed by atoms with Crippen LogP contribution in [0.3, 0.4) is 0 Å². The number of aryl methyl sites for hydroxylation is 1. The first-order valence-corrected chi connectivity index (χ1v) is 17.8. The van der Waals surface area contributed by atoms with Gasteiger partial charge in [-0.1, -0.05) is 43.7 Å². The van der Waals surface area contributed by atoms with Crippen molar-refractivity contribution in [1.82, 2.24) is 15.0 Å². The zero-order valence-electron chi connectivity index (χ0n) is 29.5. The molecule has 2 N–H and O–H groups in total. The number of rotatable bonds is 9. The zero-order chi connectivity index (χ0) is 35.1. The summed E-state index contributed by atoms with van der Waals surface area (Å²) in [6.45, 7) is 11.3. The Kier molecular flexibility index (Phi) is 10.0. The second-order valence-corrected chi connectivity index (χ2v) is 16.0. The van der Waals surface area contributed by atoms with Gasteiger partial charge in [-0.2, -0.15) is 0 Å². The molecule has 3 heterocycles. The van der Waals surface area contributed by atoms with Crippen LogP contribution in [-0.2, 0) is 6.42 Å². The average molecular weight is 681 g/mol. The van der Waals surface area contributed by atoms with Gasteiger partial charge in [0.1, 0.15) is 0 Å². The highest BCUT2D eigenvalue weighted by molar-refractivity contribution is 5.51. The molecule has 1 saturated heterocycles. The molecule has 3 aliphatic rings. The van der Waals surface area contributed by atoms with Crippen LogP contribution < -0.4 is 9.64 Å². The molecular formula is C39H51F3N4O3. The Bertz CT molecular complexity index is 1590. The van der Waals surface area contributed by atoms with Crippen molar-refractivity contribution in [2.45, 2.75) is 128 Å². The number of fused-ring (bicyclic) bond motifs is 1. The molecular weight excluding hydrogens is 629 g/mol. The van der Waals surface area contributed by atoms with Gasteiger partial charge in [-0.05, 0) is 81.8 Å². The first kappa shape index (κ1) is 35.6. The number of benzene rings is 1. The maximum atomic E-state index is 17.2. The summed E-state index contributed by atoms with van der Waals surface area (Å²) in [7, 11) is 0. The third kappa shape index (κ3) is 8.22. The van der Waals surface area contributed by atoms with Crippen molar-refractivity contribution in [3.05, 3.63) is 75.9 Å². The minimum atomic E-state index is -2.73. The molecule has 6 rings (SSSR count). The molecule has 0 amide bonds. The molecule has 2 unspecified atom stereocenters. The molecule has 1 aromatic carbocycles. The number of aromatic nitrogens is 3. The van der Waals surface area contributed by atoms with Crippen LogP contribution >= 0.6 is 0 Å². The van der Waals surface area contributed by atoms with Crippen LogP contribution in [0, 0.1) is 12.3 Å². The van der Waals surface area contributed by atoms with Crippen LogP contribution in [-0.4, -0.2) is 56.4 Å². The highest BCUT2D eigenvalue weighted by atomic mass is 19.3. The predicted octanol–water partition coefficient (Wildman–Crippen LogP) is 8.46. The van der Waals surface area contributed by atoms with Crippen molar-refractivity contribution in [1.29, 1.82) is 0 Å². The standard InChI is InChI=1S/C39H51F3N4O3/c1-24-6-8-26(9-7-24)34(40)33-31(25-10-14-39(41,42)15-11-25)32-29(20-37(2,3)21-30(32)47)45-35(33)27-12-17-46(18-13-27)36-43-22-28(23-44-36)49-19-16-38(4,5)48/h6-9,22-23,25,27,30,34,47-48H,10-21H2,1-5H3. The number of nitrogens with zero attached hydrogens (tertiary/aromatic N) is 4. The van der Waals surface area contributed by atoms with Gasteiger partial charge in [0, 0.05) is 55.1 Å². The number of ether oxygens (including phenoxy) is 1. The van der Waals surface area contributed by atoms with Crippen molar-refractivity contribution in [3.8, 4) is 5.75 Å². The molecule has 0 bridgehead atoms. The first-order chi connectivity index (χ1) is 23.1. The SMILES string of the molecule is Cc1ccc(C(F)c2c(C3CCN(c4ncc(OCCC(C)(C)O)cn4)CC3)nc3c(c2C2CCC(F)(F)CC2)C(O)CC(C)(C)C3)cc1. The topological polar surface area (TPSA) is 91.6 Å². The second kappa shape index (κ2) is 13.8. The fourth-order valence-corrected chi connectivity index (χ4v) is 7.93. The molecule has 10 heteroatoms. The van der Waals surface area contributed by atoms with E-state index < -0.39 is 23.8 Å². The van der Waals surface area contributed by atoms with E-state index >= 15 is 4.39 Å². The molecule has 266 valence electrons. The Labute approximate surface area is 288 Å². The fraction of sp³-hybridized carbons (Fsp3) is 0.615. The van der Waals surface area contributed by atoms with E-state index in [0.717, 1.165) is 16.8 Å². The smallest absolute Gasteiger partial charge is 0.248 e. The second-order valence-electron chi connectivity index (χ2n) is 16.0. The van der Waals surface area contributed by atoms with Gasteiger partial charge in [0.25, 0.3) is 0 Å². The van der Waals surface area contributed by atoms with Crippen molar-refractivity contribution in [2.75, 3.05) is 24.6 Å². The number of pyridine rings is 1. The van der Waals surface area contributed by atoms with E-state index in [4.69, 9.17) is 9.72 Å². The minimum absolute atomic E-state index is 0.0596. The summed E-state index contributed by atoms with van der Waals surface area (Å²) in [5.74, 6) is -1.94. The Hall–Kier alpha value is -3.24. The molecule has 3 aromatic rings. The van der Waals surface area contributed by atoms with E-state index in [9.17, 15) is 19.0 Å². The van der Waals surface area contributed by atoms with Gasteiger partial charge in [0.15, 0.2) is 11.9 Å². The molecule has 2 atom stereocenters.